The van der Waals surface area contributed by atoms with Crippen LogP contribution in [-0.4, -0.2) is 56.5 Å². The van der Waals surface area contributed by atoms with Crippen molar-refractivity contribution >= 4 is 11.9 Å². The summed E-state index contributed by atoms with van der Waals surface area (Å²) in [5, 5.41) is 9.54. The maximum Gasteiger partial charge on any atom is 0.251 e. The number of carbonyl (C=O) groups excluding carboxylic acids is 1. The zero-order valence-corrected chi connectivity index (χ0v) is 18.0. The van der Waals surface area contributed by atoms with E-state index in [-0.39, 0.29) is 5.91 Å². The van der Waals surface area contributed by atoms with E-state index >= 15 is 0 Å². The normalized spacial score (nSPS) is 17.0. The van der Waals surface area contributed by atoms with Crippen molar-refractivity contribution in [2.45, 2.75) is 31.8 Å². The van der Waals surface area contributed by atoms with E-state index in [4.69, 9.17) is 0 Å². The van der Waals surface area contributed by atoms with Crippen LogP contribution in [0.5, 0.6) is 0 Å². The van der Waals surface area contributed by atoms with E-state index in [0.29, 0.717) is 11.6 Å². The summed E-state index contributed by atoms with van der Waals surface area (Å²) in [5.74, 6) is 0.767. The Bertz CT molecular complexity index is 836. The third-order valence-corrected chi connectivity index (χ3v) is 5.58. The molecule has 0 spiro atoms. The Kier molecular flexibility index (Phi) is 8.27. The molecule has 6 nitrogen and oxygen atoms in total. The Labute approximate surface area is 179 Å². The molecule has 1 fully saturated rings. The summed E-state index contributed by atoms with van der Waals surface area (Å²) >= 11 is 0. The molecular weight excluding hydrogens is 374 g/mol. The van der Waals surface area contributed by atoms with E-state index in [1.165, 1.54) is 18.4 Å². The molecular formula is C24H33N5O. The monoisotopic (exact) mass is 407 g/mol. The second-order valence-electron chi connectivity index (χ2n) is 7.66. The van der Waals surface area contributed by atoms with Gasteiger partial charge in [-0.25, -0.2) is 0 Å². The Morgan fingerprint density at radius 1 is 1.10 bits per heavy atom. The fourth-order valence-corrected chi connectivity index (χ4v) is 3.93. The number of guanidine groups is 1. The zero-order valence-electron chi connectivity index (χ0n) is 18.0. The van der Waals surface area contributed by atoms with Crippen LogP contribution in [0, 0.1) is 0 Å². The lowest BCUT2D eigenvalue weighted by Gasteiger charge is -2.25. The number of hydrogen-bond acceptors (Lipinski definition) is 3. The van der Waals surface area contributed by atoms with Gasteiger partial charge in [0.2, 0.25) is 0 Å². The highest BCUT2D eigenvalue weighted by molar-refractivity contribution is 5.94. The third kappa shape index (κ3) is 6.32. The zero-order chi connectivity index (χ0) is 21.2. The van der Waals surface area contributed by atoms with Crippen LogP contribution < -0.4 is 16.0 Å². The largest absolute Gasteiger partial charge is 0.356 e. The van der Waals surface area contributed by atoms with Crippen molar-refractivity contribution in [1.82, 2.24) is 20.9 Å². The molecule has 0 saturated carbocycles. The number of hydrogen-bond donors (Lipinski definition) is 3. The Morgan fingerprint density at radius 3 is 2.67 bits per heavy atom. The molecule has 6 heteroatoms. The average molecular weight is 408 g/mol. The number of carbonyl (C=O) groups is 1. The van der Waals surface area contributed by atoms with E-state index in [1.807, 2.05) is 24.3 Å². The molecule has 0 bridgehead atoms. The van der Waals surface area contributed by atoms with E-state index in [1.54, 1.807) is 14.1 Å². The van der Waals surface area contributed by atoms with Crippen LogP contribution in [0.2, 0.25) is 0 Å². The summed E-state index contributed by atoms with van der Waals surface area (Å²) in [5.41, 5.74) is 3.19. The van der Waals surface area contributed by atoms with Gasteiger partial charge in [-0.2, -0.15) is 0 Å². The van der Waals surface area contributed by atoms with Crippen molar-refractivity contribution in [3.63, 3.8) is 0 Å². The Hall–Kier alpha value is -2.86. The number of amides is 1. The SMILES string of the molecule is CN=C(NCCc1cccc(C(=O)NC)c1)NCC1CCCN1Cc1ccccc1. The van der Waals surface area contributed by atoms with E-state index < -0.39 is 0 Å². The molecule has 2 aromatic carbocycles. The minimum absolute atomic E-state index is 0.0566. The van der Waals surface area contributed by atoms with Gasteiger partial charge in [0.1, 0.15) is 0 Å². The number of rotatable bonds is 8. The highest BCUT2D eigenvalue weighted by Crippen LogP contribution is 2.19. The minimum atomic E-state index is -0.0566. The summed E-state index contributed by atoms with van der Waals surface area (Å²) in [6.07, 6.45) is 3.28. The molecule has 1 saturated heterocycles. The molecule has 3 N–H and O–H groups in total. The van der Waals surface area contributed by atoms with Crippen LogP contribution in [0.25, 0.3) is 0 Å². The first-order valence-corrected chi connectivity index (χ1v) is 10.7. The van der Waals surface area contributed by atoms with Crippen LogP contribution in [0.1, 0.15) is 34.3 Å². The Balaban J connectivity index is 1.44. The molecule has 3 rings (SSSR count). The van der Waals surface area contributed by atoms with Crippen LogP contribution in [0.3, 0.4) is 0 Å². The van der Waals surface area contributed by atoms with Crippen LogP contribution >= 0.6 is 0 Å². The average Bonchev–Trinajstić information content (AvgIpc) is 3.23. The predicted octanol–water partition coefficient (Wildman–Crippen LogP) is 2.42. The lowest BCUT2D eigenvalue weighted by atomic mass is 10.1. The van der Waals surface area contributed by atoms with Gasteiger partial charge in [-0.15, -0.1) is 0 Å². The maximum absolute atomic E-state index is 11.8. The van der Waals surface area contributed by atoms with Gasteiger partial charge < -0.3 is 16.0 Å². The van der Waals surface area contributed by atoms with E-state index in [9.17, 15) is 4.79 Å². The van der Waals surface area contributed by atoms with Crippen molar-refractivity contribution < 1.29 is 4.79 Å². The number of likely N-dealkylation sites (tertiary alicyclic amines) is 1. The quantitative estimate of drug-likeness (QED) is 0.464. The molecule has 0 aliphatic carbocycles. The fraction of sp³-hybridized carbons (Fsp3) is 0.417. The minimum Gasteiger partial charge on any atom is -0.356 e. The fourth-order valence-electron chi connectivity index (χ4n) is 3.93. The van der Waals surface area contributed by atoms with Gasteiger partial charge in [-0.1, -0.05) is 42.5 Å². The molecule has 1 unspecified atom stereocenters. The molecule has 2 aromatic rings. The number of nitrogens with zero attached hydrogens (tertiary/aromatic N) is 2. The van der Waals surface area contributed by atoms with Crippen molar-refractivity contribution in [2.75, 3.05) is 33.7 Å². The highest BCUT2D eigenvalue weighted by Gasteiger charge is 2.24. The second-order valence-corrected chi connectivity index (χ2v) is 7.66. The summed E-state index contributed by atoms with van der Waals surface area (Å²) in [4.78, 5) is 18.7. The molecule has 160 valence electrons. The molecule has 1 aliphatic heterocycles. The lowest BCUT2D eigenvalue weighted by molar-refractivity contribution is 0.0963. The van der Waals surface area contributed by atoms with Gasteiger partial charge in [0.15, 0.2) is 5.96 Å². The molecule has 1 aliphatic rings. The molecule has 0 aromatic heterocycles. The van der Waals surface area contributed by atoms with Crippen molar-refractivity contribution in [1.29, 1.82) is 0 Å². The molecule has 1 heterocycles. The van der Waals surface area contributed by atoms with Crippen molar-refractivity contribution in [3.05, 3.63) is 71.3 Å². The number of nitrogens with one attached hydrogen (secondary N) is 3. The van der Waals surface area contributed by atoms with E-state index in [0.717, 1.165) is 44.1 Å². The summed E-state index contributed by atoms with van der Waals surface area (Å²) < 4.78 is 0. The summed E-state index contributed by atoms with van der Waals surface area (Å²) in [7, 11) is 3.45. The predicted molar refractivity (Wildman–Crippen MR) is 123 cm³/mol. The first kappa shape index (κ1) is 21.8. The van der Waals surface area contributed by atoms with Crippen LogP contribution in [-0.2, 0) is 13.0 Å². The van der Waals surface area contributed by atoms with Gasteiger partial charge in [0.05, 0.1) is 0 Å². The lowest BCUT2D eigenvalue weighted by Crippen LogP contribution is -2.45. The van der Waals surface area contributed by atoms with E-state index in [2.05, 4.69) is 56.2 Å². The van der Waals surface area contributed by atoms with Gasteiger partial charge in [0, 0.05) is 45.3 Å². The summed E-state index contributed by atoms with van der Waals surface area (Å²) in [6.45, 7) is 3.80. The Morgan fingerprint density at radius 2 is 1.90 bits per heavy atom. The van der Waals surface area contributed by atoms with Gasteiger partial charge in [-0.3, -0.25) is 14.7 Å². The van der Waals surface area contributed by atoms with Crippen LogP contribution in [0.15, 0.2) is 59.6 Å². The number of aliphatic imine (C=N–C) groups is 1. The molecule has 0 radical (unpaired) electrons. The van der Waals surface area contributed by atoms with Gasteiger partial charge in [-0.05, 0) is 49.1 Å². The topological polar surface area (TPSA) is 68.8 Å². The van der Waals surface area contributed by atoms with Gasteiger partial charge in [0.25, 0.3) is 5.91 Å². The molecule has 1 atom stereocenters. The van der Waals surface area contributed by atoms with Crippen molar-refractivity contribution in [2.24, 2.45) is 4.99 Å². The molecule has 30 heavy (non-hydrogen) atoms. The first-order chi connectivity index (χ1) is 14.7. The van der Waals surface area contributed by atoms with Gasteiger partial charge >= 0.3 is 0 Å². The van der Waals surface area contributed by atoms with Crippen molar-refractivity contribution in [3.8, 4) is 0 Å². The first-order valence-electron chi connectivity index (χ1n) is 10.7. The standard InChI is InChI=1S/C24H33N5O/c1-25-23(30)21-11-6-10-19(16-21)13-14-27-24(26-2)28-17-22-12-7-15-29(22)18-20-8-4-3-5-9-20/h3-6,8-11,16,22H,7,12-15,17-18H2,1-2H3,(H,25,30)(H2,26,27,28). The molecule has 1 amide bonds. The third-order valence-electron chi connectivity index (χ3n) is 5.58. The highest BCUT2D eigenvalue weighted by atomic mass is 16.1. The summed E-state index contributed by atoms with van der Waals surface area (Å²) in [6, 6.07) is 18.9. The number of benzene rings is 2. The van der Waals surface area contributed by atoms with Crippen LogP contribution in [0.4, 0.5) is 0 Å². The maximum atomic E-state index is 11.8. The second kappa shape index (κ2) is 11.4. The smallest absolute Gasteiger partial charge is 0.251 e.